The van der Waals surface area contributed by atoms with Crippen LogP contribution in [-0.2, 0) is 6.42 Å². The van der Waals surface area contributed by atoms with E-state index < -0.39 is 0 Å². The van der Waals surface area contributed by atoms with Crippen LogP contribution in [0.25, 0.3) is 0 Å². The van der Waals surface area contributed by atoms with Crippen molar-refractivity contribution in [3.05, 3.63) is 29.1 Å². The quantitative estimate of drug-likeness (QED) is 0.778. The molecule has 0 saturated carbocycles. The lowest BCUT2D eigenvalue weighted by Crippen LogP contribution is -1.95. The summed E-state index contributed by atoms with van der Waals surface area (Å²) in [5.74, 6) is -0.159. The first-order valence-electron chi connectivity index (χ1n) is 4.63. The van der Waals surface area contributed by atoms with Gasteiger partial charge >= 0.3 is 0 Å². The van der Waals surface area contributed by atoms with E-state index in [0.717, 1.165) is 10.5 Å². The first-order valence-corrected chi connectivity index (χ1v) is 5.85. The number of halogens is 1. The van der Waals surface area contributed by atoms with Gasteiger partial charge in [0, 0.05) is 11.5 Å². The number of rotatable bonds is 4. The Morgan fingerprint density at radius 1 is 1.43 bits per heavy atom. The van der Waals surface area contributed by atoms with Crippen LogP contribution in [0.3, 0.4) is 0 Å². The Labute approximate surface area is 88.3 Å². The minimum atomic E-state index is -0.159. The third kappa shape index (κ3) is 2.72. The molecule has 1 aromatic carbocycles. The molecule has 0 aliphatic carbocycles. The number of hydrogen-bond acceptors (Lipinski definition) is 2. The molecule has 0 unspecified atom stereocenters. The summed E-state index contributed by atoms with van der Waals surface area (Å²) in [6.07, 6.45) is 3.21. The molecule has 1 nitrogen and oxygen atoms in total. The van der Waals surface area contributed by atoms with Crippen LogP contribution in [0, 0.1) is 12.7 Å². The molecule has 1 rings (SSSR count). The van der Waals surface area contributed by atoms with Gasteiger partial charge in [0.1, 0.15) is 5.82 Å². The van der Waals surface area contributed by atoms with E-state index in [9.17, 15) is 4.39 Å². The predicted molar refractivity (Wildman–Crippen MR) is 58.3 cm³/mol. The van der Waals surface area contributed by atoms with Crippen molar-refractivity contribution in [2.45, 2.75) is 24.7 Å². The van der Waals surface area contributed by atoms with Crippen molar-refractivity contribution < 1.29 is 9.50 Å². The third-order valence-electron chi connectivity index (χ3n) is 2.17. The lowest BCUT2D eigenvalue weighted by Gasteiger charge is -2.07. The van der Waals surface area contributed by atoms with Crippen LogP contribution in [0.1, 0.15) is 17.5 Å². The van der Waals surface area contributed by atoms with Gasteiger partial charge in [-0.2, -0.15) is 0 Å². The first-order chi connectivity index (χ1) is 6.69. The van der Waals surface area contributed by atoms with E-state index in [1.807, 2.05) is 19.2 Å². The highest BCUT2D eigenvalue weighted by atomic mass is 32.2. The standard InChI is InChI=1S/C11H15FOS/c1-8-6-10(12)9(4-3-5-13)7-11(8)14-2/h6-7,13H,3-5H2,1-2H3. The second-order valence-electron chi connectivity index (χ2n) is 3.24. The summed E-state index contributed by atoms with van der Waals surface area (Å²) in [7, 11) is 0. The van der Waals surface area contributed by atoms with Gasteiger partial charge < -0.3 is 5.11 Å². The molecule has 0 amide bonds. The fraction of sp³-hybridized carbons (Fsp3) is 0.455. The van der Waals surface area contributed by atoms with Crippen LogP contribution >= 0.6 is 11.8 Å². The van der Waals surface area contributed by atoms with Gasteiger partial charge in [0.05, 0.1) is 0 Å². The van der Waals surface area contributed by atoms with Crippen molar-refractivity contribution >= 4 is 11.8 Å². The Kier molecular flexibility index (Phi) is 4.42. The molecule has 0 aromatic heterocycles. The van der Waals surface area contributed by atoms with E-state index in [1.165, 1.54) is 0 Å². The monoisotopic (exact) mass is 214 g/mol. The number of benzene rings is 1. The molecule has 1 aromatic rings. The number of aliphatic hydroxyl groups excluding tert-OH is 1. The van der Waals surface area contributed by atoms with Gasteiger partial charge in [-0.05, 0) is 49.3 Å². The number of hydrogen-bond donors (Lipinski definition) is 1. The van der Waals surface area contributed by atoms with Crippen molar-refractivity contribution in [2.75, 3.05) is 12.9 Å². The van der Waals surface area contributed by atoms with Gasteiger partial charge in [0.2, 0.25) is 0 Å². The SMILES string of the molecule is CSc1cc(CCCO)c(F)cc1C. The molecule has 1 N–H and O–H groups in total. The number of thioether (sulfide) groups is 1. The number of aliphatic hydroxyl groups is 1. The minimum absolute atomic E-state index is 0.113. The molecule has 14 heavy (non-hydrogen) atoms. The van der Waals surface area contributed by atoms with Crippen LogP contribution in [0.2, 0.25) is 0 Å². The maximum atomic E-state index is 13.4. The summed E-state index contributed by atoms with van der Waals surface area (Å²) in [5, 5.41) is 8.67. The lowest BCUT2D eigenvalue weighted by molar-refractivity contribution is 0.288. The smallest absolute Gasteiger partial charge is 0.126 e. The third-order valence-corrected chi connectivity index (χ3v) is 3.05. The molecule has 0 aliphatic heterocycles. The number of aryl methyl sites for hydroxylation is 2. The lowest BCUT2D eigenvalue weighted by atomic mass is 10.1. The first kappa shape index (κ1) is 11.5. The van der Waals surface area contributed by atoms with Crippen molar-refractivity contribution in [2.24, 2.45) is 0 Å². The summed E-state index contributed by atoms with van der Waals surface area (Å²) in [5.41, 5.74) is 1.68. The van der Waals surface area contributed by atoms with E-state index in [-0.39, 0.29) is 12.4 Å². The Morgan fingerprint density at radius 3 is 2.71 bits per heavy atom. The Morgan fingerprint density at radius 2 is 2.14 bits per heavy atom. The van der Waals surface area contributed by atoms with Crippen LogP contribution in [-0.4, -0.2) is 18.0 Å². The van der Waals surface area contributed by atoms with Crippen LogP contribution < -0.4 is 0 Å². The van der Waals surface area contributed by atoms with Crippen LogP contribution in [0.15, 0.2) is 17.0 Å². The average molecular weight is 214 g/mol. The van der Waals surface area contributed by atoms with Gasteiger partial charge in [-0.1, -0.05) is 0 Å². The van der Waals surface area contributed by atoms with Crippen LogP contribution in [0.4, 0.5) is 4.39 Å². The molecular weight excluding hydrogens is 199 g/mol. The molecule has 0 aliphatic rings. The van der Waals surface area contributed by atoms with E-state index in [0.29, 0.717) is 18.4 Å². The van der Waals surface area contributed by atoms with E-state index in [2.05, 4.69) is 0 Å². The fourth-order valence-corrected chi connectivity index (χ4v) is 2.02. The molecule has 0 saturated heterocycles. The summed E-state index contributed by atoms with van der Waals surface area (Å²) in [4.78, 5) is 1.11. The largest absolute Gasteiger partial charge is 0.396 e. The molecule has 0 bridgehead atoms. The second kappa shape index (κ2) is 5.37. The summed E-state index contributed by atoms with van der Waals surface area (Å²) >= 11 is 1.62. The minimum Gasteiger partial charge on any atom is -0.396 e. The van der Waals surface area contributed by atoms with E-state index in [4.69, 9.17) is 5.11 Å². The summed E-state index contributed by atoms with van der Waals surface area (Å²) in [6.45, 7) is 2.02. The maximum absolute atomic E-state index is 13.4. The summed E-state index contributed by atoms with van der Waals surface area (Å²) < 4.78 is 13.4. The zero-order valence-electron chi connectivity index (χ0n) is 8.51. The van der Waals surface area contributed by atoms with Crippen LogP contribution in [0.5, 0.6) is 0 Å². The predicted octanol–water partition coefficient (Wildman–Crippen LogP) is 2.78. The molecule has 0 heterocycles. The molecule has 3 heteroatoms. The van der Waals surface area contributed by atoms with E-state index >= 15 is 0 Å². The van der Waals surface area contributed by atoms with Gasteiger partial charge in [0.15, 0.2) is 0 Å². The fourth-order valence-electron chi connectivity index (χ4n) is 1.38. The summed E-state index contributed by atoms with van der Waals surface area (Å²) in [6, 6.07) is 3.45. The zero-order chi connectivity index (χ0) is 10.6. The highest BCUT2D eigenvalue weighted by molar-refractivity contribution is 7.98. The molecule has 0 radical (unpaired) electrons. The van der Waals surface area contributed by atoms with Gasteiger partial charge in [-0.15, -0.1) is 11.8 Å². The molecule has 78 valence electrons. The molecular formula is C11H15FOS. The second-order valence-corrected chi connectivity index (χ2v) is 4.09. The van der Waals surface area contributed by atoms with Crippen molar-refractivity contribution in [1.29, 1.82) is 0 Å². The van der Waals surface area contributed by atoms with Gasteiger partial charge in [0.25, 0.3) is 0 Å². The van der Waals surface area contributed by atoms with Crippen molar-refractivity contribution in [3.63, 3.8) is 0 Å². The highest BCUT2D eigenvalue weighted by Crippen LogP contribution is 2.24. The highest BCUT2D eigenvalue weighted by Gasteiger charge is 2.06. The van der Waals surface area contributed by atoms with Gasteiger partial charge in [-0.25, -0.2) is 4.39 Å². The van der Waals surface area contributed by atoms with E-state index in [1.54, 1.807) is 17.8 Å². The molecule has 0 atom stereocenters. The average Bonchev–Trinajstić information content (AvgIpc) is 2.17. The Balaban J connectivity index is 2.92. The normalized spacial score (nSPS) is 10.6. The Hall–Kier alpha value is -0.540. The Bertz CT molecular complexity index is 312. The zero-order valence-corrected chi connectivity index (χ0v) is 9.33. The van der Waals surface area contributed by atoms with Crippen molar-refractivity contribution in [3.8, 4) is 0 Å². The van der Waals surface area contributed by atoms with Gasteiger partial charge in [-0.3, -0.25) is 0 Å². The molecule has 0 fully saturated rings. The maximum Gasteiger partial charge on any atom is 0.126 e. The van der Waals surface area contributed by atoms with Crippen molar-refractivity contribution in [1.82, 2.24) is 0 Å². The topological polar surface area (TPSA) is 20.2 Å². The molecule has 0 spiro atoms.